The molecule has 4 N–H and O–H groups in total. The van der Waals surface area contributed by atoms with Crippen LogP contribution in [0.25, 0.3) is 0 Å². The Labute approximate surface area is 169 Å². The maximum atomic E-state index is 12.5. The van der Waals surface area contributed by atoms with Crippen molar-refractivity contribution in [1.29, 1.82) is 0 Å². The molecule has 0 spiro atoms. The van der Waals surface area contributed by atoms with Crippen molar-refractivity contribution >= 4 is 23.2 Å². The third kappa shape index (κ3) is 6.73. The number of hydrogen-bond donors (Lipinski definition) is 2. The first-order valence-corrected chi connectivity index (χ1v) is 10.4. The summed E-state index contributed by atoms with van der Waals surface area (Å²) in [5.41, 5.74) is 13.1. The summed E-state index contributed by atoms with van der Waals surface area (Å²) in [6.45, 7) is 8.94. The standard InChI is InChI=1S/C22H36N4O2/c1-16(2)8-13-26(19-6-4-18(23)5-7-19)20-9-11-25(12-10-20)22(28)15-17(3)14-21(24)27/h4-7,16-17,20H,8-15,23H2,1-3H3,(H2,24,27). The zero-order valence-electron chi connectivity index (χ0n) is 17.6. The Bertz CT molecular complexity index is 636. The van der Waals surface area contributed by atoms with Gasteiger partial charge in [-0.15, -0.1) is 0 Å². The minimum atomic E-state index is -0.344. The van der Waals surface area contributed by atoms with Gasteiger partial charge in [0.25, 0.3) is 0 Å². The number of piperidine rings is 1. The fourth-order valence-electron chi connectivity index (χ4n) is 3.86. The molecule has 1 fully saturated rings. The van der Waals surface area contributed by atoms with Crippen LogP contribution in [0, 0.1) is 11.8 Å². The van der Waals surface area contributed by atoms with Crippen molar-refractivity contribution in [2.45, 2.75) is 58.9 Å². The Morgan fingerprint density at radius 2 is 1.71 bits per heavy atom. The van der Waals surface area contributed by atoms with E-state index in [1.165, 1.54) is 5.69 Å². The lowest BCUT2D eigenvalue weighted by atomic mass is 9.98. The highest BCUT2D eigenvalue weighted by molar-refractivity contribution is 5.78. The second-order valence-electron chi connectivity index (χ2n) is 8.56. The van der Waals surface area contributed by atoms with Gasteiger partial charge in [0.05, 0.1) is 0 Å². The van der Waals surface area contributed by atoms with Gasteiger partial charge < -0.3 is 21.3 Å². The average molecular weight is 389 g/mol. The van der Waals surface area contributed by atoms with Crippen molar-refractivity contribution in [3.8, 4) is 0 Å². The predicted molar refractivity (Wildman–Crippen MR) is 115 cm³/mol. The molecule has 1 heterocycles. The number of hydrogen-bond acceptors (Lipinski definition) is 4. The fraction of sp³-hybridized carbons (Fsp3) is 0.636. The molecule has 1 aromatic rings. The Kier molecular flexibility index (Phi) is 8.15. The zero-order valence-corrected chi connectivity index (χ0v) is 17.6. The highest BCUT2D eigenvalue weighted by Gasteiger charge is 2.28. The van der Waals surface area contributed by atoms with Gasteiger partial charge in [-0.1, -0.05) is 20.8 Å². The number of amides is 2. The van der Waals surface area contributed by atoms with E-state index in [0.717, 1.165) is 44.6 Å². The van der Waals surface area contributed by atoms with Crippen molar-refractivity contribution in [3.63, 3.8) is 0 Å². The molecule has 1 aromatic carbocycles. The summed E-state index contributed by atoms with van der Waals surface area (Å²) in [6, 6.07) is 8.53. The topological polar surface area (TPSA) is 92.7 Å². The smallest absolute Gasteiger partial charge is 0.222 e. The monoisotopic (exact) mass is 388 g/mol. The predicted octanol–water partition coefficient (Wildman–Crippen LogP) is 3.01. The zero-order chi connectivity index (χ0) is 20.7. The van der Waals surface area contributed by atoms with Crippen molar-refractivity contribution in [3.05, 3.63) is 24.3 Å². The number of carbonyl (C=O) groups excluding carboxylic acids is 2. The Balaban J connectivity index is 1.95. The van der Waals surface area contributed by atoms with Crippen LogP contribution in [0.4, 0.5) is 11.4 Å². The SMILES string of the molecule is CC(C)CCN(c1ccc(N)cc1)C1CCN(C(=O)CC(C)CC(N)=O)CC1. The average Bonchev–Trinajstić information content (AvgIpc) is 2.62. The first kappa shape index (κ1) is 22.1. The third-order valence-electron chi connectivity index (χ3n) is 5.50. The van der Waals surface area contributed by atoms with Gasteiger partial charge in [-0.3, -0.25) is 9.59 Å². The van der Waals surface area contributed by atoms with E-state index in [-0.39, 0.29) is 24.2 Å². The Morgan fingerprint density at radius 1 is 1.11 bits per heavy atom. The second kappa shape index (κ2) is 10.3. The summed E-state index contributed by atoms with van der Waals surface area (Å²) < 4.78 is 0. The molecule has 2 amide bonds. The molecule has 1 saturated heterocycles. The van der Waals surface area contributed by atoms with Crippen molar-refractivity contribution in [1.82, 2.24) is 4.90 Å². The molecule has 156 valence electrons. The number of anilines is 2. The van der Waals surface area contributed by atoms with E-state index in [1.54, 1.807) is 0 Å². The summed E-state index contributed by atoms with van der Waals surface area (Å²) in [7, 11) is 0. The lowest BCUT2D eigenvalue weighted by molar-refractivity contribution is -0.133. The highest BCUT2D eigenvalue weighted by Crippen LogP contribution is 2.26. The van der Waals surface area contributed by atoms with Crippen LogP contribution < -0.4 is 16.4 Å². The third-order valence-corrected chi connectivity index (χ3v) is 5.50. The normalized spacial score (nSPS) is 16.2. The molecular weight excluding hydrogens is 352 g/mol. The Hall–Kier alpha value is -2.24. The highest BCUT2D eigenvalue weighted by atomic mass is 16.2. The number of carbonyl (C=O) groups is 2. The van der Waals surface area contributed by atoms with Gasteiger partial charge in [-0.2, -0.15) is 0 Å². The van der Waals surface area contributed by atoms with Gasteiger partial charge in [0.1, 0.15) is 0 Å². The summed E-state index contributed by atoms with van der Waals surface area (Å²) in [6.07, 6.45) is 3.70. The van der Waals surface area contributed by atoms with Gasteiger partial charge in [-0.25, -0.2) is 0 Å². The van der Waals surface area contributed by atoms with Crippen molar-refractivity contribution < 1.29 is 9.59 Å². The van der Waals surface area contributed by atoms with Crippen LogP contribution in [0.5, 0.6) is 0 Å². The number of likely N-dealkylation sites (tertiary alicyclic amines) is 1. The van der Waals surface area contributed by atoms with Gasteiger partial charge in [-0.05, 0) is 55.4 Å². The van der Waals surface area contributed by atoms with Crippen LogP contribution in [0.15, 0.2) is 24.3 Å². The number of nitrogens with two attached hydrogens (primary N) is 2. The van der Waals surface area contributed by atoms with Gasteiger partial charge in [0.15, 0.2) is 0 Å². The molecule has 28 heavy (non-hydrogen) atoms. The molecule has 1 aliphatic rings. The van der Waals surface area contributed by atoms with E-state index >= 15 is 0 Å². The Morgan fingerprint density at radius 3 is 2.25 bits per heavy atom. The molecule has 0 aliphatic carbocycles. The van der Waals surface area contributed by atoms with Gasteiger partial charge in [0, 0.05) is 49.9 Å². The van der Waals surface area contributed by atoms with Gasteiger partial charge in [0.2, 0.25) is 11.8 Å². The largest absolute Gasteiger partial charge is 0.399 e. The number of rotatable bonds is 9. The summed E-state index contributed by atoms with van der Waals surface area (Å²) >= 11 is 0. The first-order valence-electron chi connectivity index (χ1n) is 10.4. The molecule has 1 aliphatic heterocycles. The lowest BCUT2D eigenvalue weighted by Gasteiger charge is -2.40. The second-order valence-corrected chi connectivity index (χ2v) is 8.56. The van der Waals surface area contributed by atoms with Crippen LogP contribution in [-0.4, -0.2) is 42.4 Å². The number of benzene rings is 1. The maximum Gasteiger partial charge on any atom is 0.222 e. The number of primary amides is 1. The van der Waals surface area contributed by atoms with Crippen LogP contribution in [0.1, 0.15) is 52.9 Å². The molecule has 0 radical (unpaired) electrons. The van der Waals surface area contributed by atoms with Crippen LogP contribution in [0.2, 0.25) is 0 Å². The maximum absolute atomic E-state index is 12.5. The van der Waals surface area contributed by atoms with E-state index in [0.29, 0.717) is 18.4 Å². The first-order chi connectivity index (χ1) is 13.3. The molecule has 0 bridgehead atoms. The molecular formula is C22H36N4O2. The summed E-state index contributed by atoms with van der Waals surface area (Å²) in [4.78, 5) is 28.0. The van der Waals surface area contributed by atoms with E-state index in [4.69, 9.17) is 11.5 Å². The van der Waals surface area contributed by atoms with E-state index in [9.17, 15) is 9.59 Å². The molecule has 1 atom stereocenters. The molecule has 0 aromatic heterocycles. The number of nitrogen functional groups attached to an aromatic ring is 1. The summed E-state index contributed by atoms with van der Waals surface area (Å²) in [5, 5.41) is 0. The van der Waals surface area contributed by atoms with Crippen LogP contribution in [-0.2, 0) is 9.59 Å². The van der Waals surface area contributed by atoms with E-state index in [1.807, 2.05) is 24.0 Å². The van der Waals surface area contributed by atoms with Gasteiger partial charge >= 0.3 is 0 Å². The molecule has 2 rings (SSSR count). The van der Waals surface area contributed by atoms with Crippen molar-refractivity contribution in [2.24, 2.45) is 17.6 Å². The number of nitrogens with zero attached hydrogens (tertiary/aromatic N) is 2. The fourth-order valence-corrected chi connectivity index (χ4v) is 3.86. The summed E-state index contributed by atoms with van der Waals surface area (Å²) in [5.74, 6) is 0.432. The molecule has 6 heteroatoms. The molecule has 1 unspecified atom stereocenters. The minimum Gasteiger partial charge on any atom is -0.399 e. The van der Waals surface area contributed by atoms with Crippen molar-refractivity contribution in [2.75, 3.05) is 30.3 Å². The van der Waals surface area contributed by atoms with E-state index < -0.39 is 0 Å². The van der Waals surface area contributed by atoms with E-state index in [2.05, 4.69) is 30.9 Å². The minimum absolute atomic E-state index is 0.0000380. The molecule has 6 nitrogen and oxygen atoms in total. The van der Waals surface area contributed by atoms with Crippen LogP contribution >= 0.6 is 0 Å². The quantitative estimate of drug-likeness (QED) is 0.636. The molecule has 0 saturated carbocycles. The van der Waals surface area contributed by atoms with Crippen LogP contribution in [0.3, 0.4) is 0 Å². The lowest BCUT2D eigenvalue weighted by Crippen LogP contribution is -2.47.